The number of rotatable bonds is 10. The summed E-state index contributed by atoms with van der Waals surface area (Å²) in [5.41, 5.74) is -0.597. The Kier molecular flexibility index (Phi) is 7.71. The van der Waals surface area contributed by atoms with Crippen molar-refractivity contribution >= 4 is 10.0 Å². The van der Waals surface area contributed by atoms with Gasteiger partial charge >= 0.3 is 0 Å². The van der Waals surface area contributed by atoms with Crippen LogP contribution >= 0.6 is 0 Å². The fraction of sp³-hybridized carbons (Fsp3) is 0.611. The van der Waals surface area contributed by atoms with Crippen LogP contribution in [0.4, 0.5) is 0 Å². The predicted octanol–water partition coefficient (Wildman–Crippen LogP) is 3.88. The standard InChI is InChI=1S/C18H28N2O3S/c1-4-5-6-7-8-9-10-15-13-16(21)11-12-17(15)24(22,23)20-18(2,3)14-19/h11-13,20-21H,4-10H2,1-3H3. The Balaban J connectivity index is 2.86. The van der Waals surface area contributed by atoms with E-state index in [1.165, 1.54) is 51.3 Å². The first-order chi connectivity index (χ1) is 11.2. The van der Waals surface area contributed by atoms with Gasteiger partial charge < -0.3 is 5.11 Å². The van der Waals surface area contributed by atoms with E-state index in [9.17, 15) is 13.5 Å². The first kappa shape index (κ1) is 20.5. The van der Waals surface area contributed by atoms with Crippen molar-refractivity contribution < 1.29 is 13.5 Å². The molecule has 0 aliphatic carbocycles. The number of aromatic hydroxyl groups is 1. The van der Waals surface area contributed by atoms with Gasteiger partial charge in [-0.05, 0) is 50.5 Å². The lowest BCUT2D eigenvalue weighted by molar-refractivity contribution is 0.473. The third-order valence-electron chi connectivity index (χ3n) is 3.80. The highest BCUT2D eigenvalue weighted by Crippen LogP contribution is 2.24. The summed E-state index contributed by atoms with van der Waals surface area (Å²) >= 11 is 0. The SMILES string of the molecule is CCCCCCCCc1cc(O)ccc1S(=O)(=O)NC(C)(C)C#N. The summed E-state index contributed by atoms with van der Waals surface area (Å²) in [6.07, 6.45) is 7.23. The second-order valence-corrected chi connectivity index (χ2v) is 8.30. The highest BCUT2D eigenvalue weighted by atomic mass is 32.2. The fourth-order valence-electron chi connectivity index (χ4n) is 2.53. The number of sulfonamides is 1. The Morgan fingerprint density at radius 3 is 2.42 bits per heavy atom. The molecule has 1 aromatic carbocycles. The van der Waals surface area contributed by atoms with Gasteiger partial charge in [-0.3, -0.25) is 0 Å². The van der Waals surface area contributed by atoms with Gasteiger partial charge in [-0.1, -0.05) is 39.0 Å². The normalized spacial score (nSPS) is 12.1. The van der Waals surface area contributed by atoms with Gasteiger partial charge in [0.15, 0.2) is 0 Å². The van der Waals surface area contributed by atoms with Crippen molar-refractivity contribution in [3.8, 4) is 11.8 Å². The predicted molar refractivity (Wildman–Crippen MR) is 95.2 cm³/mol. The van der Waals surface area contributed by atoms with Crippen molar-refractivity contribution in [1.82, 2.24) is 4.72 Å². The van der Waals surface area contributed by atoms with Crippen LogP contribution in [0.5, 0.6) is 5.75 Å². The average Bonchev–Trinajstić information content (AvgIpc) is 2.49. The van der Waals surface area contributed by atoms with Crippen LogP contribution in [0.15, 0.2) is 23.1 Å². The van der Waals surface area contributed by atoms with Gasteiger partial charge in [0, 0.05) is 0 Å². The highest BCUT2D eigenvalue weighted by molar-refractivity contribution is 7.89. The molecule has 0 radical (unpaired) electrons. The van der Waals surface area contributed by atoms with Gasteiger partial charge in [0.05, 0.1) is 11.0 Å². The number of phenolic OH excluding ortho intramolecular Hbond substituents is 1. The van der Waals surface area contributed by atoms with Crippen LogP contribution in [-0.2, 0) is 16.4 Å². The minimum absolute atomic E-state index is 0.0504. The summed E-state index contributed by atoms with van der Waals surface area (Å²) in [7, 11) is -3.81. The maximum atomic E-state index is 12.6. The summed E-state index contributed by atoms with van der Waals surface area (Å²) in [6.45, 7) is 5.19. The van der Waals surface area contributed by atoms with E-state index in [4.69, 9.17) is 5.26 Å². The largest absolute Gasteiger partial charge is 0.508 e. The monoisotopic (exact) mass is 352 g/mol. The molecule has 0 spiro atoms. The second kappa shape index (κ2) is 9.05. The molecule has 0 atom stereocenters. The molecular formula is C18H28N2O3S. The molecule has 0 saturated carbocycles. The van der Waals surface area contributed by atoms with Crippen LogP contribution in [0.25, 0.3) is 0 Å². The maximum Gasteiger partial charge on any atom is 0.242 e. The Labute approximate surface area is 145 Å². The van der Waals surface area contributed by atoms with Crippen molar-refractivity contribution in [2.24, 2.45) is 0 Å². The Hall–Kier alpha value is -1.58. The van der Waals surface area contributed by atoms with E-state index in [0.717, 1.165) is 19.3 Å². The van der Waals surface area contributed by atoms with Crippen molar-refractivity contribution in [3.05, 3.63) is 23.8 Å². The molecule has 0 unspecified atom stereocenters. The van der Waals surface area contributed by atoms with E-state index in [-0.39, 0.29) is 10.6 Å². The van der Waals surface area contributed by atoms with Crippen LogP contribution in [-0.4, -0.2) is 19.1 Å². The molecule has 0 aliphatic rings. The van der Waals surface area contributed by atoms with Crippen LogP contribution < -0.4 is 4.72 Å². The molecule has 0 heterocycles. The van der Waals surface area contributed by atoms with Crippen molar-refractivity contribution in [2.75, 3.05) is 0 Å². The molecule has 5 nitrogen and oxygen atoms in total. The molecule has 1 rings (SSSR count). The highest BCUT2D eigenvalue weighted by Gasteiger charge is 2.27. The maximum absolute atomic E-state index is 12.6. The minimum Gasteiger partial charge on any atom is -0.508 e. The lowest BCUT2D eigenvalue weighted by Crippen LogP contribution is -2.42. The van der Waals surface area contributed by atoms with Gasteiger partial charge in [-0.2, -0.15) is 9.98 Å². The molecule has 0 aliphatic heterocycles. The molecule has 0 fully saturated rings. The molecule has 0 aromatic heterocycles. The molecule has 24 heavy (non-hydrogen) atoms. The third kappa shape index (κ3) is 6.50. The number of nitrogens with zero attached hydrogens (tertiary/aromatic N) is 1. The number of nitriles is 1. The van der Waals surface area contributed by atoms with E-state index < -0.39 is 15.6 Å². The molecule has 0 bridgehead atoms. The lowest BCUT2D eigenvalue weighted by Gasteiger charge is -2.19. The molecule has 1 aromatic rings. The number of phenols is 1. The summed E-state index contributed by atoms with van der Waals surface area (Å²) < 4.78 is 27.5. The minimum atomic E-state index is -3.81. The number of hydrogen-bond donors (Lipinski definition) is 2. The van der Waals surface area contributed by atoms with Gasteiger partial charge in [-0.15, -0.1) is 0 Å². The zero-order chi connectivity index (χ0) is 18.2. The van der Waals surface area contributed by atoms with Gasteiger partial charge in [-0.25, -0.2) is 8.42 Å². The first-order valence-electron chi connectivity index (χ1n) is 8.49. The Bertz CT molecular complexity index is 676. The van der Waals surface area contributed by atoms with Gasteiger partial charge in [0.1, 0.15) is 11.3 Å². The average molecular weight is 353 g/mol. The van der Waals surface area contributed by atoms with Crippen LogP contribution in [0.2, 0.25) is 0 Å². The molecule has 2 N–H and O–H groups in total. The van der Waals surface area contributed by atoms with Crippen LogP contribution in [0.1, 0.15) is 64.9 Å². The fourth-order valence-corrected chi connectivity index (χ4v) is 4.11. The van der Waals surface area contributed by atoms with Crippen LogP contribution in [0, 0.1) is 11.3 Å². The summed E-state index contributed by atoms with van der Waals surface area (Å²) in [4.78, 5) is 0.136. The smallest absolute Gasteiger partial charge is 0.242 e. The lowest BCUT2D eigenvalue weighted by atomic mass is 10.0. The summed E-state index contributed by atoms with van der Waals surface area (Å²) in [5.74, 6) is 0.0504. The number of unbranched alkanes of at least 4 members (excludes halogenated alkanes) is 5. The zero-order valence-corrected chi connectivity index (χ0v) is 15.6. The number of hydrogen-bond acceptors (Lipinski definition) is 4. The van der Waals surface area contributed by atoms with Crippen molar-refractivity contribution in [2.45, 2.75) is 76.2 Å². The first-order valence-corrected chi connectivity index (χ1v) is 9.97. The number of nitrogens with one attached hydrogen (secondary N) is 1. The summed E-state index contributed by atoms with van der Waals surface area (Å²) in [5, 5.41) is 18.7. The summed E-state index contributed by atoms with van der Waals surface area (Å²) in [6, 6.07) is 6.19. The van der Waals surface area contributed by atoms with Gasteiger partial charge in [0.25, 0.3) is 0 Å². The third-order valence-corrected chi connectivity index (χ3v) is 5.56. The molecule has 6 heteroatoms. The molecule has 134 valence electrons. The van der Waals surface area contributed by atoms with Gasteiger partial charge in [0.2, 0.25) is 10.0 Å². The Morgan fingerprint density at radius 2 is 1.79 bits per heavy atom. The quantitative estimate of drug-likeness (QED) is 0.625. The van der Waals surface area contributed by atoms with E-state index in [0.29, 0.717) is 12.0 Å². The number of aryl methyl sites for hydroxylation is 1. The zero-order valence-electron chi connectivity index (χ0n) is 14.8. The molecule has 0 saturated heterocycles. The van der Waals surface area contributed by atoms with E-state index in [2.05, 4.69) is 11.6 Å². The van der Waals surface area contributed by atoms with Crippen molar-refractivity contribution in [1.29, 1.82) is 5.26 Å². The van der Waals surface area contributed by atoms with E-state index in [1.807, 2.05) is 6.07 Å². The molecule has 0 amide bonds. The number of benzene rings is 1. The van der Waals surface area contributed by atoms with Crippen LogP contribution in [0.3, 0.4) is 0 Å². The van der Waals surface area contributed by atoms with E-state index in [1.54, 1.807) is 0 Å². The second-order valence-electron chi connectivity index (χ2n) is 6.65. The Morgan fingerprint density at radius 1 is 1.17 bits per heavy atom. The van der Waals surface area contributed by atoms with E-state index >= 15 is 0 Å². The van der Waals surface area contributed by atoms with Crippen molar-refractivity contribution in [3.63, 3.8) is 0 Å². The molecular weight excluding hydrogens is 324 g/mol. The topological polar surface area (TPSA) is 90.2 Å².